The fourth-order valence-electron chi connectivity index (χ4n) is 7.43. The predicted octanol–water partition coefficient (Wildman–Crippen LogP) is 8.56. The molecule has 2 saturated carbocycles. The molecule has 0 bridgehead atoms. The molecule has 0 aliphatic heterocycles. The third kappa shape index (κ3) is 7.71. The average Bonchev–Trinajstić information content (AvgIpc) is 2.92. The normalized spacial score (nSPS) is 33.1. The molecule has 0 radical (unpaired) electrons. The van der Waals surface area contributed by atoms with Gasteiger partial charge in [0.1, 0.15) is 11.6 Å². The van der Waals surface area contributed by atoms with Gasteiger partial charge in [0.25, 0.3) is 0 Å². The number of Topliss-reactive ketones (excluding diaryl/α,β-unsaturated/α-hetero) is 2. The summed E-state index contributed by atoms with van der Waals surface area (Å²) >= 11 is 0. The van der Waals surface area contributed by atoms with Crippen molar-refractivity contribution >= 4 is 11.6 Å². The van der Waals surface area contributed by atoms with Crippen LogP contribution in [0.25, 0.3) is 0 Å². The maximum absolute atomic E-state index is 13.0. The molecule has 2 aliphatic carbocycles. The van der Waals surface area contributed by atoms with Gasteiger partial charge in [0, 0.05) is 18.3 Å². The van der Waals surface area contributed by atoms with E-state index in [0.29, 0.717) is 23.4 Å². The summed E-state index contributed by atoms with van der Waals surface area (Å²) in [6.07, 6.45) is 19.1. The van der Waals surface area contributed by atoms with Crippen molar-refractivity contribution in [3.05, 3.63) is 0 Å². The van der Waals surface area contributed by atoms with Crippen molar-refractivity contribution < 1.29 is 9.59 Å². The highest BCUT2D eigenvalue weighted by Crippen LogP contribution is 2.53. The van der Waals surface area contributed by atoms with E-state index < -0.39 is 0 Å². The summed E-state index contributed by atoms with van der Waals surface area (Å²) in [5, 5.41) is 0. The van der Waals surface area contributed by atoms with Gasteiger partial charge in [-0.05, 0) is 68.6 Å². The summed E-state index contributed by atoms with van der Waals surface area (Å²) < 4.78 is 0. The van der Waals surface area contributed by atoms with Gasteiger partial charge >= 0.3 is 0 Å². The number of carbonyl (C=O) groups excluding carboxylic acids is 2. The molecular weight excluding hydrogens is 380 g/mol. The Morgan fingerprint density at radius 2 is 1.77 bits per heavy atom. The molecule has 6 unspecified atom stereocenters. The maximum atomic E-state index is 13.0. The fourth-order valence-corrected chi connectivity index (χ4v) is 7.43. The minimum Gasteiger partial charge on any atom is -0.300 e. The van der Waals surface area contributed by atoms with E-state index in [-0.39, 0.29) is 17.3 Å². The van der Waals surface area contributed by atoms with E-state index in [2.05, 4.69) is 27.7 Å². The van der Waals surface area contributed by atoms with Crippen LogP contribution < -0.4 is 0 Å². The Bertz CT molecular complexity index is 553. The van der Waals surface area contributed by atoms with E-state index in [1.807, 2.05) is 6.92 Å². The van der Waals surface area contributed by atoms with Crippen molar-refractivity contribution in [1.82, 2.24) is 0 Å². The van der Waals surface area contributed by atoms with Crippen LogP contribution in [0.1, 0.15) is 137 Å². The van der Waals surface area contributed by atoms with Crippen molar-refractivity contribution in [2.75, 3.05) is 0 Å². The monoisotopic (exact) mass is 432 g/mol. The first kappa shape index (κ1) is 26.6. The Hall–Kier alpha value is -0.660. The largest absolute Gasteiger partial charge is 0.300 e. The van der Waals surface area contributed by atoms with Crippen molar-refractivity contribution in [2.24, 2.45) is 35.0 Å². The van der Waals surface area contributed by atoms with Crippen molar-refractivity contribution in [3.8, 4) is 0 Å². The van der Waals surface area contributed by atoms with E-state index in [9.17, 15) is 9.59 Å². The van der Waals surface area contributed by atoms with Crippen LogP contribution in [0.4, 0.5) is 0 Å². The Labute approximate surface area is 193 Å². The van der Waals surface area contributed by atoms with Gasteiger partial charge in [-0.1, -0.05) is 85.5 Å². The molecular formula is C29H52O2. The minimum absolute atomic E-state index is 0.147. The van der Waals surface area contributed by atoms with Gasteiger partial charge in [0.15, 0.2) is 0 Å². The Morgan fingerprint density at radius 3 is 2.45 bits per heavy atom. The number of carbonyl (C=O) groups is 2. The Kier molecular flexibility index (Phi) is 11.3. The van der Waals surface area contributed by atoms with Crippen LogP contribution in [-0.4, -0.2) is 11.6 Å². The van der Waals surface area contributed by atoms with Gasteiger partial charge in [-0.25, -0.2) is 0 Å². The third-order valence-corrected chi connectivity index (χ3v) is 8.83. The Morgan fingerprint density at radius 1 is 1.06 bits per heavy atom. The van der Waals surface area contributed by atoms with Gasteiger partial charge in [0.2, 0.25) is 0 Å². The van der Waals surface area contributed by atoms with Gasteiger partial charge < -0.3 is 0 Å². The molecule has 180 valence electrons. The zero-order valence-corrected chi connectivity index (χ0v) is 21.5. The first-order valence-corrected chi connectivity index (χ1v) is 13.9. The lowest BCUT2D eigenvalue weighted by atomic mass is 9.54. The first-order valence-electron chi connectivity index (χ1n) is 13.9. The van der Waals surface area contributed by atoms with Gasteiger partial charge in [-0.2, -0.15) is 0 Å². The highest BCUT2D eigenvalue weighted by atomic mass is 16.1. The van der Waals surface area contributed by atoms with Crippen LogP contribution >= 0.6 is 0 Å². The van der Waals surface area contributed by atoms with Crippen molar-refractivity contribution in [1.29, 1.82) is 0 Å². The highest BCUT2D eigenvalue weighted by Gasteiger charge is 2.47. The molecule has 6 atom stereocenters. The van der Waals surface area contributed by atoms with E-state index in [1.165, 1.54) is 77.0 Å². The second-order valence-electron chi connectivity index (χ2n) is 11.6. The summed E-state index contributed by atoms with van der Waals surface area (Å²) in [5.41, 5.74) is 0.147. The number of ketones is 2. The lowest BCUT2D eigenvalue weighted by molar-refractivity contribution is -0.132. The highest BCUT2D eigenvalue weighted by molar-refractivity contribution is 5.81. The summed E-state index contributed by atoms with van der Waals surface area (Å²) in [4.78, 5) is 25.8. The van der Waals surface area contributed by atoms with E-state index >= 15 is 0 Å². The summed E-state index contributed by atoms with van der Waals surface area (Å²) in [6, 6.07) is 0. The molecule has 31 heavy (non-hydrogen) atoms. The third-order valence-electron chi connectivity index (χ3n) is 8.83. The SMILES string of the molecule is CCCCCC1CC(CC(C)C2CCCCCC2=O)C(C(C)=O)C(C)(CCCCC)C1. The van der Waals surface area contributed by atoms with Crippen molar-refractivity contribution in [3.63, 3.8) is 0 Å². The Balaban J connectivity index is 2.19. The van der Waals surface area contributed by atoms with Gasteiger partial charge in [-0.3, -0.25) is 9.59 Å². The smallest absolute Gasteiger partial charge is 0.136 e. The number of rotatable bonds is 12. The fraction of sp³-hybridized carbons (Fsp3) is 0.931. The zero-order valence-electron chi connectivity index (χ0n) is 21.5. The van der Waals surface area contributed by atoms with Crippen LogP contribution in [0.3, 0.4) is 0 Å². The van der Waals surface area contributed by atoms with Crippen LogP contribution in [0, 0.1) is 35.0 Å². The molecule has 0 heterocycles. The first-order chi connectivity index (χ1) is 14.8. The zero-order chi connectivity index (χ0) is 22.9. The van der Waals surface area contributed by atoms with Crippen LogP contribution in [0.15, 0.2) is 0 Å². The van der Waals surface area contributed by atoms with Crippen molar-refractivity contribution in [2.45, 2.75) is 137 Å². The van der Waals surface area contributed by atoms with Gasteiger partial charge in [0.05, 0.1) is 0 Å². The molecule has 2 nitrogen and oxygen atoms in total. The molecule has 2 fully saturated rings. The number of hydrogen-bond acceptors (Lipinski definition) is 2. The topological polar surface area (TPSA) is 34.1 Å². The molecule has 0 aromatic heterocycles. The summed E-state index contributed by atoms with van der Waals surface area (Å²) in [6.45, 7) is 11.2. The molecule has 0 N–H and O–H groups in total. The van der Waals surface area contributed by atoms with Crippen LogP contribution in [-0.2, 0) is 9.59 Å². The second kappa shape index (κ2) is 13.1. The lowest BCUT2D eigenvalue weighted by Gasteiger charge is -2.49. The standard InChI is InChI=1S/C29H52O2/c1-6-8-11-15-24-20-25(19-22(3)26-16-12-10-13-17-27(26)31)28(23(4)30)29(5,21-24)18-14-9-7-2/h22,24-26,28H,6-21H2,1-5H3. The second-order valence-corrected chi connectivity index (χ2v) is 11.6. The average molecular weight is 433 g/mol. The molecule has 0 saturated heterocycles. The molecule has 0 amide bonds. The summed E-state index contributed by atoms with van der Waals surface area (Å²) in [5.74, 6) is 3.00. The van der Waals surface area contributed by atoms with Crippen LogP contribution in [0.5, 0.6) is 0 Å². The van der Waals surface area contributed by atoms with Gasteiger partial charge in [-0.15, -0.1) is 0 Å². The molecule has 0 aromatic carbocycles. The van der Waals surface area contributed by atoms with E-state index in [0.717, 1.165) is 31.6 Å². The predicted molar refractivity (Wildman–Crippen MR) is 132 cm³/mol. The minimum atomic E-state index is 0.147. The summed E-state index contributed by atoms with van der Waals surface area (Å²) in [7, 11) is 0. The lowest BCUT2D eigenvalue weighted by Crippen LogP contribution is -2.45. The van der Waals surface area contributed by atoms with Crippen LogP contribution in [0.2, 0.25) is 0 Å². The molecule has 2 aliphatic rings. The quantitative estimate of drug-likeness (QED) is 0.228. The molecule has 2 rings (SSSR count). The van der Waals surface area contributed by atoms with E-state index in [1.54, 1.807) is 0 Å². The molecule has 2 heteroatoms. The van der Waals surface area contributed by atoms with E-state index in [4.69, 9.17) is 0 Å². The molecule has 0 aromatic rings. The maximum Gasteiger partial charge on any atom is 0.136 e. The molecule has 0 spiro atoms. The number of unbranched alkanes of at least 4 members (excludes halogenated alkanes) is 4. The number of hydrogen-bond donors (Lipinski definition) is 0.